The van der Waals surface area contributed by atoms with Crippen LogP contribution in [-0.2, 0) is 16.2 Å². The number of hydrogen-bond acceptors (Lipinski definition) is 1. The molecule has 8 aromatic rings. The van der Waals surface area contributed by atoms with E-state index in [4.69, 9.17) is 0 Å². The SMILES string of the molecule is CC1(C)c2ccccc2-c2ccc(N(c3ccc4c(c3)-c3c(-c5ccccc5)ccc5cccc(c35)C4(C)C)c3ccc4c(c3)C(C)(C)c3ccccc3-4)cc21. The lowest BCUT2D eigenvalue weighted by Crippen LogP contribution is -2.24. The first kappa shape index (κ1) is 33.2. The smallest absolute Gasteiger partial charge is 0.0468 e. The van der Waals surface area contributed by atoms with Crippen LogP contribution < -0.4 is 4.90 Å². The third-order valence-electron chi connectivity index (χ3n) is 13.7. The van der Waals surface area contributed by atoms with Gasteiger partial charge in [-0.3, -0.25) is 0 Å². The van der Waals surface area contributed by atoms with Crippen molar-refractivity contribution in [3.05, 3.63) is 197 Å². The molecule has 270 valence electrons. The quantitative estimate of drug-likeness (QED) is 0.175. The summed E-state index contributed by atoms with van der Waals surface area (Å²) in [4.78, 5) is 2.52. The van der Waals surface area contributed by atoms with Gasteiger partial charge < -0.3 is 4.90 Å². The molecule has 0 spiro atoms. The van der Waals surface area contributed by atoms with E-state index in [-0.39, 0.29) is 16.2 Å². The summed E-state index contributed by atoms with van der Waals surface area (Å²) in [5, 5.41) is 2.66. The third-order valence-corrected chi connectivity index (χ3v) is 13.7. The van der Waals surface area contributed by atoms with Crippen LogP contribution in [0, 0.1) is 0 Å². The lowest BCUT2D eigenvalue weighted by atomic mass is 9.67. The normalized spacial score (nSPS) is 15.8. The second-order valence-electron chi connectivity index (χ2n) is 17.7. The van der Waals surface area contributed by atoms with Crippen molar-refractivity contribution in [3.63, 3.8) is 0 Å². The lowest BCUT2D eigenvalue weighted by molar-refractivity contribution is 0.645. The summed E-state index contributed by atoms with van der Waals surface area (Å²) in [5.74, 6) is 0. The van der Waals surface area contributed by atoms with Crippen LogP contribution in [0.25, 0.3) is 55.3 Å². The fourth-order valence-electron chi connectivity index (χ4n) is 10.7. The molecule has 3 aliphatic rings. The number of hydrogen-bond donors (Lipinski definition) is 0. The van der Waals surface area contributed by atoms with E-state index >= 15 is 0 Å². The van der Waals surface area contributed by atoms with Gasteiger partial charge >= 0.3 is 0 Å². The van der Waals surface area contributed by atoms with Crippen LogP contribution in [-0.4, -0.2) is 0 Å². The minimum atomic E-state index is -0.173. The Morgan fingerprint density at radius 3 is 1.41 bits per heavy atom. The van der Waals surface area contributed by atoms with E-state index in [9.17, 15) is 0 Å². The first-order valence-electron chi connectivity index (χ1n) is 20.1. The van der Waals surface area contributed by atoms with E-state index < -0.39 is 0 Å². The molecule has 0 N–H and O–H groups in total. The molecule has 0 unspecified atom stereocenters. The van der Waals surface area contributed by atoms with Gasteiger partial charge in [-0.1, -0.05) is 169 Å². The average molecular weight is 720 g/mol. The van der Waals surface area contributed by atoms with E-state index in [1.165, 1.54) is 100 Å². The molecule has 11 rings (SSSR count). The largest absolute Gasteiger partial charge is 0.310 e. The minimum absolute atomic E-state index is 0.112. The molecule has 3 aliphatic carbocycles. The van der Waals surface area contributed by atoms with Gasteiger partial charge in [-0.05, 0) is 125 Å². The molecular weight excluding hydrogens is 675 g/mol. The summed E-state index contributed by atoms with van der Waals surface area (Å²) in [6.45, 7) is 14.3. The fraction of sp³-hybridized carbons (Fsp3) is 0.164. The molecule has 0 aliphatic heterocycles. The minimum Gasteiger partial charge on any atom is -0.310 e. The number of nitrogens with zero attached hydrogens (tertiary/aromatic N) is 1. The summed E-state index contributed by atoms with van der Waals surface area (Å²) < 4.78 is 0. The van der Waals surface area contributed by atoms with Crippen LogP contribution in [0.2, 0.25) is 0 Å². The zero-order valence-corrected chi connectivity index (χ0v) is 33.0. The Hall–Kier alpha value is -6.18. The van der Waals surface area contributed by atoms with Crippen LogP contribution in [0.3, 0.4) is 0 Å². The zero-order valence-electron chi connectivity index (χ0n) is 33.0. The maximum atomic E-state index is 2.52. The summed E-state index contributed by atoms with van der Waals surface area (Å²) >= 11 is 0. The van der Waals surface area contributed by atoms with E-state index in [1.807, 2.05) is 0 Å². The van der Waals surface area contributed by atoms with Gasteiger partial charge in [-0.15, -0.1) is 0 Å². The molecule has 0 saturated carbocycles. The molecule has 1 heteroatoms. The summed E-state index contributed by atoms with van der Waals surface area (Å²) in [7, 11) is 0. The second-order valence-corrected chi connectivity index (χ2v) is 17.7. The molecule has 0 fully saturated rings. The van der Waals surface area contributed by atoms with Gasteiger partial charge in [-0.2, -0.15) is 0 Å². The van der Waals surface area contributed by atoms with Gasteiger partial charge in [0.25, 0.3) is 0 Å². The lowest BCUT2D eigenvalue weighted by Gasteiger charge is -2.37. The van der Waals surface area contributed by atoms with Crippen LogP contribution >= 0.6 is 0 Å². The van der Waals surface area contributed by atoms with Crippen LogP contribution in [0.4, 0.5) is 17.1 Å². The van der Waals surface area contributed by atoms with Gasteiger partial charge in [-0.25, -0.2) is 0 Å². The Kier molecular flexibility index (Phi) is 6.77. The summed E-state index contributed by atoms with van der Waals surface area (Å²) in [6.07, 6.45) is 0. The van der Waals surface area contributed by atoms with Crippen LogP contribution in [0.5, 0.6) is 0 Å². The molecule has 0 heterocycles. The Bertz CT molecular complexity index is 2830. The highest BCUT2D eigenvalue weighted by atomic mass is 15.1. The van der Waals surface area contributed by atoms with E-state index in [1.54, 1.807) is 0 Å². The van der Waals surface area contributed by atoms with Crippen molar-refractivity contribution in [1.29, 1.82) is 0 Å². The molecule has 8 aromatic carbocycles. The van der Waals surface area contributed by atoms with Gasteiger partial charge in [0.05, 0.1) is 0 Å². The monoisotopic (exact) mass is 719 g/mol. The van der Waals surface area contributed by atoms with Crippen molar-refractivity contribution in [2.45, 2.75) is 57.8 Å². The molecule has 0 aromatic heterocycles. The van der Waals surface area contributed by atoms with Crippen molar-refractivity contribution in [2.75, 3.05) is 4.90 Å². The average Bonchev–Trinajstić information content (AvgIpc) is 3.59. The van der Waals surface area contributed by atoms with Gasteiger partial charge in [0, 0.05) is 33.3 Å². The first-order chi connectivity index (χ1) is 27.0. The molecule has 1 nitrogen and oxygen atoms in total. The highest BCUT2D eigenvalue weighted by Crippen LogP contribution is 2.56. The predicted octanol–water partition coefficient (Wildman–Crippen LogP) is 14.9. The standard InChI is InChI=1S/C55H45N/c1-53(2)47-30-26-36(31-44(47)52-39(34-15-8-7-9-16-34)27-23-35-17-14-22-48(53)51(35)52)56(37-24-28-42-40-18-10-12-20-45(40)54(3,4)49(42)32-37)38-25-29-43-41-19-11-13-21-46(41)55(5,6)50(43)33-38/h7-33H,1-6H3. The Labute approximate surface area is 330 Å². The summed E-state index contributed by atoms with van der Waals surface area (Å²) in [6, 6.07) is 62.0. The molecule has 0 amide bonds. The maximum absolute atomic E-state index is 2.52. The van der Waals surface area contributed by atoms with E-state index in [0.717, 1.165) is 5.69 Å². The molecule has 0 atom stereocenters. The number of fused-ring (bicyclic) bond motifs is 8. The Morgan fingerprint density at radius 1 is 0.321 bits per heavy atom. The molecule has 0 bridgehead atoms. The van der Waals surface area contributed by atoms with Crippen molar-refractivity contribution in [3.8, 4) is 44.5 Å². The van der Waals surface area contributed by atoms with Crippen molar-refractivity contribution in [1.82, 2.24) is 0 Å². The maximum Gasteiger partial charge on any atom is 0.0468 e. The van der Waals surface area contributed by atoms with Crippen LogP contribution in [0.1, 0.15) is 74.9 Å². The fourth-order valence-corrected chi connectivity index (χ4v) is 10.7. The van der Waals surface area contributed by atoms with Crippen molar-refractivity contribution in [2.24, 2.45) is 0 Å². The Balaban J connectivity index is 1.18. The molecular formula is C55H45N. The molecule has 56 heavy (non-hydrogen) atoms. The molecule has 0 saturated heterocycles. The number of rotatable bonds is 4. The Morgan fingerprint density at radius 2 is 0.786 bits per heavy atom. The van der Waals surface area contributed by atoms with Gasteiger partial charge in [0.15, 0.2) is 0 Å². The second kappa shape index (κ2) is 11.4. The van der Waals surface area contributed by atoms with Gasteiger partial charge in [0.1, 0.15) is 0 Å². The van der Waals surface area contributed by atoms with Gasteiger partial charge in [0.2, 0.25) is 0 Å². The van der Waals surface area contributed by atoms with Crippen molar-refractivity contribution >= 4 is 27.8 Å². The zero-order chi connectivity index (χ0) is 38.1. The number of anilines is 3. The highest BCUT2D eigenvalue weighted by Gasteiger charge is 2.39. The topological polar surface area (TPSA) is 3.24 Å². The first-order valence-corrected chi connectivity index (χ1v) is 20.1. The third kappa shape index (κ3) is 4.43. The van der Waals surface area contributed by atoms with E-state index in [2.05, 4.69) is 210 Å². The van der Waals surface area contributed by atoms with E-state index in [0.29, 0.717) is 0 Å². The number of benzene rings is 8. The highest BCUT2D eigenvalue weighted by molar-refractivity contribution is 6.10. The van der Waals surface area contributed by atoms with Crippen LogP contribution in [0.15, 0.2) is 164 Å². The molecule has 0 radical (unpaired) electrons. The van der Waals surface area contributed by atoms with Crippen molar-refractivity contribution < 1.29 is 0 Å². The summed E-state index contributed by atoms with van der Waals surface area (Å²) in [5.41, 5.74) is 21.9. The predicted molar refractivity (Wildman–Crippen MR) is 237 cm³/mol.